The lowest BCUT2D eigenvalue weighted by Crippen LogP contribution is -2.00. The number of hydrogen-bond acceptors (Lipinski definition) is 4. The molecule has 7 rings (SSSR count). The molecule has 2 heterocycles. The van der Waals surface area contributed by atoms with Crippen LogP contribution in [0.5, 0.6) is 0 Å². The number of halogens is 1. The molecule has 0 saturated heterocycles. The molecule has 0 bridgehead atoms. The maximum atomic E-state index is 6.28. The van der Waals surface area contributed by atoms with Crippen molar-refractivity contribution >= 4 is 44.3 Å². The molecule has 7 aromatic rings. The van der Waals surface area contributed by atoms with Crippen LogP contribution in [-0.4, -0.2) is 15.0 Å². The second-order valence-electron chi connectivity index (χ2n) is 8.65. The summed E-state index contributed by atoms with van der Waals surface area (Å²) in [5.41, 5.74) is 4.32. The van der Waals surface area contributed by atoms with Gasteiger partial charge in [-0.2, -0.15) is 0 Å². The van der Waals surface area contributed by atoms with Gasteiger partial charge in [0.1, 0.15) is 11.2 Å². The Kier molecular flexibility index (Phi) is 4.79. The summed E-state index contributed by atoms with van der Waals surface area (Å²) in [6.45, 7) is 0. The van der Waals surface area contributed by atoms with E-state index in [4.69, 9.17) is 31.0 Å². The van der Waals surface area contributed by atoms with Crippen molar-refractivity contribution in [2.75, 3.05) is 0 Å². The van der Waals surface area contributed by atoms with Gasteiger partial charge in [-0.05, 0) is 53.2 Å². The van der Waals surface area contributed by atoms with Crippen molar-refractivity contribution < 1.29 is 4.42 Å². The smallest absolute Gasteiger partial charge is 0.164 e. The molecule has 0 aliphatic heterocycles. The van der Waals surface area contributed by atoms with Gasteiger partial charge in [0.2, 0.25) is 0 Å². The molecule has 0 aliphatic carbocycles. The normalized spacial score (nSPS) is 11.5. The van der Waals surface area contributed by atoms with Gasteiger partial charge in [-0.3, -0.25) is 0 Å². The van der Waals surface area contributed by atoms with E-state index >= 15 is 0 Å². The number of aromatic nitrogens is 3. The summed E-state index contributed by atoms with van der Waals surface area (Å²) in [5.74, 6) is 1.79. The fraction of sp³-hybridized carbons (Fsp3) is 0. The number of rotatable bonds is 3. The summed E-state index contributed by atoms with van der Waals surface area (Å²) in [4.78, 5) is 14.4. The summed E-state index contributed by atoms with van der Waals surface area (Å²) in [7, 11) is 0. The van der Waals surface area contributed by atoms with Gasteiger partial charge in [0, 0.05) is 32.5 Å². The summed E-state index contributed by atoms with van der Waals surface area (Å²) in [6, 6.07) is 36.1. The molecular formula is C31H18ClN3O. The summed E-state index contributed by atoms with van der Waals surface area (Å²) < 4.78 is 6.28. The highest BCUT2D eigenvalue weighted by molar-refractivity contribution is 6.30. The van der Waals surface area contributed by atoms with E-state index in [1.54, 1.807) is 0 Å². The molecule has 4 nitrogen and oxygen atoms in total. The molecule has 0 aliphatic rings. The number of benzene rings is 5. The van der Waals surface area contributed by atoms with Gasteiger partial charge in [-0.15, -0.1) is 0 Å². The monoisotopic (exact) mass is 483 g/mol. The Balaban J connectivity index is 1.43. The lowest BCUT2D eigenvalue weighted by molar-refractivity contribution is 0.669. The van der Waals surface area contributed by atoms with Crippen LogP contribution >= 0.6 is 11.6 Å². The maximum absolute atomic E-state index is 6.28. The van der Waals surface area contributed by atoms with E-state index < -0.39 is 0 Å². The van der Waals surface area contributed by atoms with Crippen molar-refractivity contribution in [1.29, 1.82) is 0 Å². The van der Waals surface area contributed by atoms with Gasteiger partial charge in [0.05, 0.1) is 0 Å². The molecule has 0 spiro atoms. The van der Waals surface area contributed by atoms with Crippen LogP contribution in [0.25, 0.3) is 66.9 Å². The molecule has 170 valence electrons. The predicted molar refractivity (Wildman–Crippen MR) is 146 cm³/mol. The molecule has 0 amide bonds. The number of nitrogens with zero attached hydrogens (tertiary/aromatic N) is 3. The molecule has 0 atom stereocenters. The van der Waals surface area contributed by atoms with Crippen molar-refractivity contribution in [3.63, 3.8) is 0 Å². The topological polar surface area (TPSA) is 51.8 Å². The third-order valence-corrected chi connectivity index (χ3v) is 6.64. The van der Waals surface area contributed by atoms with Crippen molar-refractivity contribution in [2.24, 2.45) is 0 Å². The zero-order chi connectivity index (χ0) is 24.1. The largest absolute Gasteiger partial charge is 0.456 e. The van der Waals surface area contributed by atoms with Crippen LogP contribution in [0.3, 0.4) is 0 Å². The lowest BCUT2D eigenvalue weighted by atomic mass is 10.0. The fourth-order valence-corrected chi connectivity index (χ4v) is 4.76. The summed E-state index contributed by atoms with van der Waals surface area (Å²) in [5, 5.41) is 5.23. The van der Waals surface area contributed by atoms with Crippen LogP contribution in [0.4, 0.5) is 0 Å². The second kappa shape index (κ2) is 8.29. The average molecular weight is 484 g/mol. The van der Waals surface area contributed by atoms with E-state index in [0.29, 0.717) is 22.5 Å². The minimum Gasteiger partial charge on any atom is -0.456 e. The first kappa shape index (κ1) is 20.8. The quantitative estimate of drug-likeness (QED) is 0.252. The van der Waals surface area contributed by atoms with Gasteiger partial charge in [-0.1, -0.05) is 78.3 Å². The van der Waals surface area contributed by atoms with Crippen LogP contribution in [-0.2, 0) is 0 Å². The first-order chi connectivity index (χ1) is 17.7. The Bertz CT molecular complexity index is 1890. The highest BCUT2D eigenvalue weighted by atomic mass is 35.5. The number of hydrogen-bond donors (Lipinski definition) is 0. The molecule has 5 heteroatoms. The molecule has 0 N–H and O–H groups in total. The van der Waals surface area contributed by atoms with Crippen LogP contribution in [0.15, 0.2) is 114 Å². The third kappa shape index (κ3) is 3.51. The fourth-order valence-electron chi connectivity index (χ4n) is 4.63. The Hall–Kier alpha value is -4.54. The Morgan fingerprint density at radius 3 is 1.92 bits per heavy atom. The zero-order valence-electron chi connectivity index (χ0n) is 19.0. The first-order valence-corrected chi connectivity index (χ1v) is 12.0. The van der Waals surface area contributed by atoms with Crippen molar-refractivity contribution in [3.05, 3.63) is 114 Å². The highest BCUT2D eigenvalue weighted by Crippen LogP contribution is 2.36. The van der Waals surface area contributed by atoms with E-state index in [1.165, 1.54) is 10.8 Å². The standard InChI is InChI=1S/C31H18ClN3O/c32-23-14-10-21(11-15-23)30-33-29(20-7-2-1-3-8-20)34-31(35-30)22-12-16-25-27(18-22)36-26-17-13-19-6-4-5-9-24(19)28(25)26/h1-18H. The minimum absolute atomic E-state index is 0.584. The third-order valence-electron chi connectivity index (χ3n) is 6.39. The second-order valence-corrected chi connectivity index (χ2v) is 9.09. The predicted octanol–water partition coefficient (Wildman–Crippen LogP) is 8.58. The van der Waals surface area contributed by atoms with Gasteiger partial charge in [0.25, 0.3) is 0 Å². The van der Waals surface area contributed by atoms with Gasteiger partial charge in [0.15, 0.2) is 17.5 Å². The van der Waals surface area contributed by atoms with Gasteiger partial charge < -0.3 is 4.42 Å². The van der Waals surface area contributed by atoms with Crippen LogP contribution in [0.2, 0.25) is 5.02 Å². The van der Waals surface area contributed by atoms with E-state index in [9.17, 15) is 0 Å². The van der Waals surface area contributed by atoms with Gasteiger partial charge >= 0.3 is 0 Å². The van der Waals surface area contributed by atoms with Crippen molar-refractivity contribution in [3.8, 4) is 34.2 Å². The zero-order valence-corrected chi connectivity index (χ0v) is 19.8. The van der Waals surface area contributed by atoms with E-state index in [1.807, 2.05) is 66.7 Å². The van der Waals surface area contributed by atoms with Crippen LogP contribution in [0, 0.1) is 0 Å². The maximum Gasteiger partial charge on any atom is 0.164 e. The van der Waals surface area contributed by atoms with Crippen molar-refractivity contribution in [1.82, 2.24) is 15.0 Å². The molecule has 0 radical (unpaired) electrons. The van der Waals surface area contributed by atoms with Crippen LogP contribution in [0.1, 0.15) is 0 Å². The summed E-state index contributed by atoms with van der Waals surface area (Å²) in [6.07, 6.45) is 0. The van der Waals surface area contributed by atoms with Gasteiger partial charge in [-0.25, -0.2) is 15.0 Å². The number of furan rings is 1. The van der Waals surface area contributed by atoms with Crippen LogP contribution < -0.4 is 0 Å². The SMILES string of the molecule is Clc1ccc(-c2nc(-c3ccccc3)nc(-c3ccc4c(c3)oc3ccc5ccccc5c34)n2)cc1. The molecule has 0 saturated carbocycles. The highest BCUT2D eigenvalue weighted by Gasteiger charge is 2.15. The Morgan fingerprint density at radius 2 is 1.14 bits per heavy atom. The first-order valence-electron chi connectivity index (χ1n) is 11.6. The number of fused-ring (bicyclic) bond motifs is 5. The molecule has 5 aromatic carbocycles. The molecule has 0 fully saturated rings. The molecule has 2 aromatic heterocycles. The summed E-state index contributed by atoms with van der Waals surface area (Å²) >= 11 is 6.12. The average Bonchev–Trinajstić information content (AvgIpc) is 3.32. The van der Waals surface area contributed by atoms with Crippen molar-refractivity contribution in [2.45, 2.75) is 0 Å². The Labute approximate surface area is 211 Å². The minimum atomic E-state index is 0.584. The molecular weight excluding hydrogens is 466 g/mol. The lowest BCUT2D eigenvalue weighted by Gasteiger charge is -2.08. The Morgan fingerprint density at radius 1 is 0.500 bits per heavy atom. The van der Waals surface area contributed by atoms with E-state index in [0.717, 1.165) is 38.6 Å². The van der Waals surface area contributed by atoms with E-state index in [-0.39, 0.29) is 0 Å². The molecule has 0 unspecified atom stereocenters. The van der Waals surface area contributed by atoms with E-state index in [2.05, 4.69) is 42.5 Å². The molecule has 36 heavy (non-hydrogen) atoms.